The van der Waals surface area contributed by atoms with E-state index in [1.165, 1.54) is 0 Å². The molecule has 2 N–H and O–H groups in total. The maximum absolute atomic E-state index is 12.6. The molecule has 1 aliphatic heterocycles. The molecule has 1 saturated heterocycles. The lowest BCUT2D eigenvalue weighted by molar-refractivity contribution is -0.137. The van der Waals surface area contributed by atoms with Crippen LogP contribution in [0.15, 0.2) is 18.2 Å². The van der Waals surface area contributed by atoms with Crippen LogP contribution in [0, 0.1) is 5.92 Å². The highest BCUT2D eigenvalue weighted by Crippen LogP contribution is 2.27. The van der Waals surface area contributed by atoms with Gasteiger partial charge in [0.25, 0.3) is 0 Å². The molecule has 1 saturated carbocycles. The third kappa shape index (κ3) is 6.14. The van der Waals surface area contributed by atoms with Crippen molar-refractivity contribution in [3.05, 3.63) is 23.8 Å². The number of amides is 1. The predicted octanol–water partition coefficient (Wildman–Crippen LogP) is 2.32. The fourth-order valence-corrected chi connectivity index (χ4v) is 3.84. The number of methoxy groups -OCH3 is 2. The Morgan fingerprint density at radius 1 is 1.04 bits per heavy atom. The van der Waals surface area contributed by atoms with Crippen LogP contribution in [0.1, 0.15) is 24.8 Å². The molecule has 0 spiro atoms. The second-order valence-electron chi connectivity index (χ2n) is 7.09. The predicted molar refractivity (Wildman–Crippen MR) is 111 cm³/mol. The lowest BCUT2D eigenvalue weighted by Crippen LogP contribution is -2.49. The fourth-order valence-electron chi connectivity index (χ4n) is 3.84. The Kier molecular flexibility index (Phi) is 9.67. The average molecular weight is 420 g/mol. The van der Waals surface area contributed by atoms with E-state index in [-0.39, 0.29) is 36.8 Å². The minimum Gasteiger partial charge on any atom is -0.497 e. The second kappa shape index (κ2) is 11.0. The molecule has 6 nitrogen and oxygen atoms in total. The molecule has 3 rings (SSSR count). The summed E-state index contributed by atoms with van der Waals surface area (Å²) in [6.07, 6.45) is 2.78. The highest BCUT2D eigenvalue weighted by atomic mass is 35.5. The van der Waals surface area contributed by atoms with Gasteiger partial charge in [-0.1, -0.05) is 0 Å². The summed E-state index contributed by atoms with van der Waals surface area (Å²) in [5.41, 5.74) is 7.11. The lowest BCUT2D eigenvalue weighted by atomic mass is 10.1. The molecule has 2 unspecified atom stereocenters. The molecule has 154 valence electrons. The smallest absolute Gasteiger partial charge is 0.225 e. The Hall–Kier alpha value is -1.21. The van der Waals surface area contributed by atoms with Gasteiger partial charge in [-0.25, -0.2) is 0 Å². The van der Waals surface area contributed by atoms with Gasteiger partial charge in [0.2, 0.25) is 5.91 Å². The number of ether oxygens (including phenoxy) is 2. The van der Waals surface area contributed by atoms with E-state index < -0.39 is 0 Å². The highest BCUT2D eigenvalue weighted by Gasteiger charge is 2.32. The summed E-state index contributed by atoms with van der Waals surface area (Å²) in [6, 6.07) is 6.17. The highest BCUT2D eigenvalue weighted by molar-refractivity contribution is 5.85. The number of rotatable bonds is 5. The van der Waals surface area contributed by atoms with Crippen molar-refractivity contribution >= 4 is 30.7 Å². The van der Waals surface area contributed by atoms with Crippen molar-refractivity contribution in [3.63, 3.8) is 0 Å². The molecule has 8 heteroatoms. The van der Waals surface area contributed by atoms with E-state index in [1.807, 2.05) is 23.1 Å². The summed E-state index contributed by atoms with van der Waals surface area (Å²) in [6.45, 7) is 4.22. The molecule has 0 aromatic heterocycles. The zero-order chi connectivity index (χ0) is 17.8. The number of nitrogens with two attached hydrogens (primary N) is 1. The largest absolute Gasteiger partial charge is 0.497 e. The van der Waals surface area contributed by atoms with E-state index in [2.05, 4.69) is 4.90 Å². The third-order valence-electron chi connectivity index (χ3n) is 5.32. The van der Waals surface area contributed by atoms with Crippen molar-refractivity contribution in [1.29, 1.82) is 0 Å². The number of piperazine rings is 1. The van der Waals surface area contributed by atoms with Gasteiger partial charge >= 0.3 is 0 Å². The molecular formula is C19H31Cl2N3O3. The molecular weight excluding hydrogens is 389 g/mol. The van der Waals surface area contributed by atoms with Gasteiger partial charge in [0, 0.05) is 50.7 Å². The Morgan fingerprint density at radius 2 is 1.63 bits per heavy atom. The summed E-state index contributed by atoms with van der Waals surface area (Å²) >= 11 is 0. The normalized spacial score (nSPS) is 22.6. The number of nitrogens with zero attached hydrogens (tertiary/aromatic N) is 2. The molecule has 0 radical (unpaired) electrons. The monoisotopic (exact) mass is 419 g/mol. The van der Waals surface area contributed by atoms with Crippen molar-refractivity contribution < 1.29 is 14.3 Å². The first-order valence-corrected chi connectivity index (χ1v) is 9.07. The fraction of sp³-hybridized carbons (Fsp3) is 0.632. The van der Waals surface area contributed by atoms with Gasteiger partial charge in [-0.15, -0.1) is 24.8 Å². The van der Waals surface area contributed by atoms with Gasteiger partial charge in [-0.2, -0.15) is 0 Å². The molecule has 1 aliphatic carbocycles. The Balaban J connectivity index is 0.00000182. The number of benzene rings is 1. The van der Waals surface area contributed by atoms with E-state index in [0.717, 1.165) is 69.0 Å². The van der Waals surface area contributed by atoms with Crippen LogP contribution in [0.25, 0.3) is 0 Å². The van der Waals surface area contributed by atoms with Gasteiger partial charge in [0.15, 0.2) is 0 Å². The van der Waals surface area contributed by atoms with Crippen molar-refractivity contribution in [2.45, 2.75) is 31.8 Å². The molecule has 2 fully saturated rings. The van der Waals surface area contributed by atoms with Gasteiger partial charge in [0.05, 0.1) is 14.2 Å². The first kappa shape index (κ1) is 23.8. The summed E-state index contributed by atoms with van der Waals surface area (Å²) in [4.78, 5) is 17.0. The molecule has 2 atom stereocenters. The van der Waals surface area contributed by atoms with Gasteiger partial charge < -0.3 is 20.1 Å². The minimum atomic E-state index is 0. The zero-order valence-corrected chi connectivity index (χ0v) is 17.7. The second-order valence-corrected chi connectivity index (χ2v) is 7.09. The Labute approximate surface area is 174 Å². The molecule has 1 aromatic rings. The molecule has 2 aliphatic rings. The van der Waals surface area contributed by atoms with E-state index in [4.69, 9.17) is 15.2 Å². The van der Waals surface area contributed by atoms with Crippen molar-refractivity contribution in [2.75, 3.05) is 40.4 Å². The molecule has 1 aromatic carbocycles. The van der Waals surface area contributed by atoms with Crippen LogP contribution in [0.4, 0.5) is 0 Å². The van der Waals surface area contributed by atoms with Gasteiger partial charge in [-0.05, 0) is 37.0 Å². The van der Waals surface area contributed by atoms with Crippen molar-refractivity contribution in [3.8, 4) is 11.5 Å². The van der Waals surface area contributed by atoms with Gasteiger partial charge in [-0.3, -0.25) is 9.69 Å². The Bertz CT molecular complexity index is 588. The standard InChI is InChI=1S/C19H29N3O3.2ClH/c1-24-17-9-14(10-18(12-17)25-2)13-21-5-7-22(8-6-21)19(23)15-3-4-16(20)11-15;;/h9-10,12,15-16H,3-8,11,13,20H2,1-2H3;2*1H. The zero-order valence-electron chi connectivity index (χ0n) is 16.1. The number of carbonyl (C=O) groups excluding carboxylic acids is 1. The first-order valence-electron chi connectivity index (χ1n) is 9.07. The lowest BCUT2D eigenvalue weighted by Gasteiger charge is -2.36. The number of hydrogen-bond acceptors (Lipinski definition) is 5. The number of hydrogen-bond donors (Lipinski definition) is 1. The molecule has 1 heterocycles. The maximum Gasteiger partial charge on any atom is 0.225 e. The molecule has 27 heavy (non-hydrogen) atoms. The van der Waals surface area contributed by atoms with Crippen LogP contribution in [-0.4, -0.2) is 62.1 Å². The Morgan fingerprint density at radius 3 is 2.11 bits per heavy atom. The topological polar surface area (TPSA) is 68.0 Å². The first-order chi connectivity index (χ1) is 12.1. The van der Waals surface area contributed by atoms with Crippen LogP contribution < -0.4 is 15.2 Å². The van der Waals surface area contributed by atoms with Crippen LogP contribution in [0.2, 0.25) is 0 Å². The minimum absolute atomic E-state index is 0. The third-order valence-corrected chi connectivity index (χ3v) is 5.32. The number of carbonyl (C=O) groups is 1. The summed E-state index contributed by atoms with van der Waals surface area (Å²) in [7, 11) is 3.33. The van der Waals surface area contributed by atoms with Crippen LogP contribution in [-0.2, 0) is 11.3 Å². The van der Waals surface area contributed by atoms with Crippen LogP contribution in [0.3, 0.4) is 0 Å². The van der Waals surface area contributed by atoms with Crippen molar-refractivity contribution in [1.82, 2.24) is 9.80 Å². The summed E-state index contributed by atoms with van der Waals surface area (Å²) in [5, 5.41) is 0. The van der Waals surface area contributed by atoms with E-state index in [0.29, 0.717) is 5.91 Å². The number of halogens is 2. The molecule has 0 bridgehead atoms. The van der Waals surface area contributed by atoms with Crippen LogP contribution >= 0.6 is 24.8 Å². The summed E-state index contributed by atoms with van der Waals surface area (Å²) in [5.74, 6) is 2.06. The summed E-state index contributed by atoms with van der Waals surface area (Å²) < 4.78 is 10.7. The quantitative estimate of drug-likeness (QED) is 0.792. The van der Waals surface area contributed by atoms with E-state index in [9.17, 15) is 4.79 Å². The SMILES string of the molecule is COc1cc(CN2CCN(C(=O)C3CCC(N)C3)CC2)cc(OC)c1.Cl.Cl. The van der Waals surface area contributed by atoms with E-state index in [1.54, 1.807) is 14.2 Å². The van der Waals surface area contributed by atoms with Crippen molar-refractivity contribution in [2.24, 2.45) is 11.7 Å². The van der Waals surface area contributed by atoms with Gasteiger partial charge in [0.1, 0.15) is 11.5 Å². The molecule has 1 amide bonds. The van der Waals surface area contributed by atoms with E-state index >= 15 is 0 Å². The average Bonchev–Trinajstić information content (AvgIpc) is 3.07. The van der Waals surface area contributed by atoms with Crippen LogP contribution in [0.5, 0.6) is 11.5 Å². The maximum atomic E-state index is 12.6.